The number of rotatable bonds is 8. The fraction of sp³-hybridized carbons (Fsp3) is 0.423. The third-order valence-corrected chi connectivity index (χ3v) is 5.27. The number of carbonyl (C=O) groups excluding carboxylic acids is 2. The number of hydrogen-bond donors (Lipinski definition) is 2. The molecule has 3 rings (SSSR count). The standard InChI is InChI=1S/C26H32F2N4O4/c1-16-21(23(33)29-14-26(5,6)15-30-24(34)36-25(2,3)4)32-12-8-11-20(22(32)31-16)35-13-17-18(27)9-7-10-19(17)28/h7-12H,13-15H2,1-6H3,(H,29,33)(H,30,34). The first-order valence-electron chi connectivity index (χ1n) is 11.6. The van der Waals surface area contributed by atoms with E-state index in [1.165, 1.54) is 6.07 Å². The Morgan fingerprint density at radius 1 is 1.00 bits per heavy atom. The molecule has 2 amide bonds. The van der Waals surface area contributed by atoms with Crippen molar-refractivity contribution in [1.82, 2.24) is 20.0 Å². The molecule has 0 fully saturated rings. The Balaban J connectivity index is 1.69. The second-order valence-corrected chi connectivity index (χ2v) is 10.3. The molecule has 0 spiro atoms. The Bertz CT molecular complexity index is 1240. The van der Waals surface area contributed by atoms with E-state index in [1.807, 2.05) is 13.8 Å². The highest BCUT2D eigenvalue weighted by Crippen LogP contribution is 2.24. The number of halogens is 2. The number of benzene rings is 1. The predicted molar refractivity (Wildman–Crippen MR) is 131 cm³/mol. The first kappa shape index (κ1) is 26.9. The van der Waals surface area contributed by atoms with Crippen LogP contribution in [-0.4, -0.2) is 40.1 Å². The summed E-state index contributed by atoms with van der Waals surface area (Å²) in [5, 5.41) is 5.61. The van der Waals surface area contributed by atoms with Crippen molar-refractivity contribution in [3.63, 3.8) is 0 Å². The Morgan fingerprint density at radius 2 is 1.64 bits per heavy atom. The molecule has 2 heterocycles. The topological polar surface area (TPSA) is 94.0 Å². The number of imidazole rings is 1. The van der Waals surface area contributed by atoms with Gasteiger partial charge in [0, 0.05) is 19.3 Å². The Kier molecular flexibility index (Phi) is 7.86. The number of aryl methyl sites for hydroxylation is 1. The first-order chi connectivity index (χ1) is 16.8. The molecule has 0 saturated carbocycles. The van der Waals surface area contributed by atoms with Crippen LogP contribution in [0.25, 0.3) is 5.65 Å². The highest BCUT2D eigenvalue weighted by Gasteiger charge is 2.25. The van der Waals surface area contributed by atoms with Crippen molar-refractivity contribution in [2.75, 3.05) is 13.1 Å². The van der Waals surface area contributed by atoms with E-state index in [0.717, 1.165) is 12.1 Å². The van der Waals surface area contributed by atoms with Gasteiger partial charge in [0.25, 0.3) is 5.91 Å². The van der Waals surface area contributed by atoms with E-state index in [9.17, 15) is 18.4 Å². The van der Waals surface area contributed by atoms with E-state index in [-0.39, 0.29) is 30.4 Å². The van der Waals surface area contributed by atoms with Crippen LogP contribution in [0.3, 0.4) is 0 Å². The first-order valence-corrected chi connectivity index (χ1v) is 11.6. The molecule has 2 aromatic heterocycles. The summed E-state index contributed by atoms with van der Waals surface area (Å²) in [6.45, 7) is 11.1. The van der Waals surface area contributed by atoms with Gasteiger partial charge in [-0.2, -0.15) is 0 Å². The van der Waals surface area contributed by atoms with Gasteiger partial charge in [-0.25, -0.2) is 18.6 Å². The van der Waals surface area contributed by atoms with Crippen LogP contribution in [0, 0.1) is 24.0 Å². The summed E-state index contributed by atoms with van der Waals surface area (Å²) < 4.78 is 40.4. The van der Waals surface area contributed by atoms with E-state index in [2.05, 4.69) is 15.6 Å². The van der Waals surface area contributed by atoms with Crippen LogP contribution in [0.15, 0.2) is 36.5 Å². The van der Waals surface area contributed by atoms with Gasteiger partial charge in [-0.3, -0.25) is 9.20 Å². The molecular weight excluding hydrogens is 470 g/mol. The van der Waals surface area contributed by atoms with E-state index in [4.69, 9.17) is 9.47 Å². The number of amides is 2. The quantitative estimate of drug-likeness (QED) is 0.462. The summed E-state index contributed by atoms with van der Waals surface area (Å²) in [4.78, 5) is 29.5. The smallest absolute Gasteiger partial charge is 0.407 e. The molecule has 8 nitrogen and oxygen atoms in total. The van der Waals surface area contributed by atoms with Crippen molar-refractivity contribution in [3.8, 4) is 5.75 Å². The summed E-state index contributed by atoms with van der Waals surface area (Å²) in [6, 6.07) is 6.89. The average molecular weight is 503 g/mol. The Hall–Kier alpha value is -3.69. The second kappa shape index (κ2) is 10.5. The maximum atomic E-state index is 14.0. The maximum Gasteiger partial charge on any atom is 0.407 e. The van der Waals surface area contributed by atoms with E-state index in [1.54, 1.807) is 50.4 Å². The zero-order valence-electron chi connectivity index (χ0n) is 21.4. The fourth-order valence-corrected chi connectivity index (χ4v) is 3.45. The van der Waals surface area contributed by atoms with Crippen LogP contribution >= 0.6 is 0 Å². The van der Waals surface area contributed by atoms with Crippen LogP contribution < -0.4 is 15.4 Å². The molecule has 0 bridgehead atoms. The molecule has 0 aliphatic carbocycles. The number of ether oxygens (including phenoxy) is 2. The number of fused-ring (bicyclic) bond motifs is 1. The zero-order valence-corrected chi connectivity index (χ0v) is 21.4. The van der Waals surface area contributed by atoms with Crippen molar-refractivity contribution in [2.24, 2.45) is 5.41 Å². The number of carbonyl (C=O) groups is 2. The summed E-state index contributed by atoms with van der Waals surface area (Å²) >= 11 is 0. The number of pyridine rings is 1. The van der Waals surface area contributed by atoms with Gasteiger partial charge in [0.1, 0.15) is 29.5 Å². The molecule has 0 aliphatic heterocycles. The molecule has 194 valence electrons. The SMILES string of the molecule is Cc1nc2c(OCc3c(F)cccc3F)cccn2c1C(=O)NCC(C)(C)CNC(=O)OC(C)(C)C. The molecule has 0 saturated heterocycles. The fourth-order valence-electron chi connectivity index (χ4n) is 3.45. The van der Waals surface area contributed by atoms with Crippen molar-refractivity contribution in [2.45, 2.75) is 53.8 Å². The third-order valence-electron chi connectivity index (χ3n) is 5.27. The molecular formula is C26H32F2N4O4. The highest BCUT2D eigenvalue weighted by atomic mass is 19.1. The van der Waals surface area contributed by atoms with Gasteiger partial charge in [0.15, 0.2) is 11.4 Å². The minimum absolute atomic E-state index is 0.192. The normalized spacial score (nSPS) is 11.9. The van der Waals surface area contributed by atoms with Gasteiger partial charge in [-0.05, 0) is 57.4 Å². The molecule has 0 aliphatic rings. The van der Waals surface area contributed by atoms with Crippen molar-refractivity contribution in [3.05, 3.63) is 65.1 Å². The molecule has 1 aromatic carbocycles. The lowest BCUT2D eigenvalue weighted by Crippen LogP contribution is -2.43. The van der Waals surface area contributed by atoms with E-state index in [0.29, 0.717) is 23.6 Å². The minimum Gasteiger partial charge on any atom is -0.485 e. The summed E-state index contributed by atoms with van der Waals surface area (Å²) in [5.41, 5.74) is -0.131. The summed E-state index contributed by atoms with van der Waals surface area (Å²) in [5.74, 6) is -1.48. The number of alkyl carbamates (subject to hydrolysis) is 1. The molecule has 0 radical (unpaired) electrons. The van der Waals surface area contributed by atoms with Crippen LogP contribution in [0.2, 0.25) is 0 Å². The van der Waals surface area contributed by atoms with E-state index >= 15 is 0 Å². The van der Waals surface area contributed by atoms with Gasteiger partial charge in [0.2, 0.25) is 0 Å². The Morgan fingerprint density at radius 3 is 2.28 bits per heavy atom. The number of nitrogens with one attached hydrogen (secondary N) is 2. The minimum atomic E-state index is -0.703. The van der Waals surface area contributed by atoms with Crippen LogP contribution in [0.4, 0.5) is 13.6 Å². The number of aromatic nitrogens is 2. The molecule has 2 N–H and O–H groups in total. The molecule has 3 aromatic rings. The van der Waals surface area contributed by atoms with Crippen molar-refractivity contribution in [1.29, 1.82) is 0 Å². The maximum absolute atomic E-state index is 14.0. The monoisotopic (exact) mass is 502 g/mol. The average Bonchev–Trinajstić information content (AvgIpc) is 3.11. The second-order valence-electron chi connectivity index (χ2n) is 10.3. The van der Waals surface area contributed by atoms with Gasteiger partial charge in [-0.1, -0.05) is 19.9 Å². The van der Waals surface area contributed by atoms with Gasteiger partial charge in [0.05, 0.1) is 11.3 Å². The summed E-state index contributed by atoms with van der Waals surface area (Å²) in [7, 11) is 0. The number of nitrogens with zero attached hydrogens (tertiary/aromatic N) is 2. The zero-order chi connectivity index (χ0) is 26.7. The van der Waals surface area contributed by atoms with Crippen LogP contribution in [0.5, 0.6) is 5.75 Å². The molecule has 0 unspecified atom stereocenters. The Labute approximate surface area is 209 Å². The van der Waals surface area contributed by atoms with Gasteiger partial charge < -0.3 is 20.1 Å². The number of hydrogen-bond acceptors (Lipinski definition) is 5. The van der Waals surface area contributed by atoms with Gasteiger partial charge >= 0.3 is 6.09 Å². The predicted octanol–water partition coefficient (Wildman–Crippen LogP) is 4.78. The highest BCUT2D eigenvalue weighted by molar-refractivity contribution is 5.95. The van der Waals surface area contributed by atoms with Crippen LogP contribution in [0.1, 0.15) is 56.4 Å². The largest absolute Gasteiger partial charge is 0.485 e. The lowest BCUT2D eigenvalue weighted by molar-refractivity contribution is 0.0506. The van der Waals surface area contributed by atoms with Gasteiger partial charge in [-0.15, -0.1) is 0 Å². The molecule has 36 heavy (non-hydrogen) atoms. The van der Waals surface area contributed by atoms with Crippen molar-refractivity contribution < 1.29 is 27.8 Å². The molecule has 0 atom stereocenters. The third kappa shape index (κ3) is 6.71. The van der Waals surface area contributed by atoms with Crippen LogP contribution in [-0.2, 0) is 11.3 Å². The lowest BCUT2D eigenvalue weighted by atomic mass is 9.93. The summed E-state index contributed by atoms with van der Waals surface area (Å²) in [6.07, 6.45) is 1.14. The van der Waals surface area contributed by atoms with E-state index < -0.39 is 28.7 Å². The lowest BCUT2D eigenvalue weighted by Gasteiger charge is -2.26. The van der Waals surface area contributed by atoms with Crippen molar-refractivity contribution >= 4 is 17.6 Å². The molecule has 10 heteroatoms.